The third-order valence-electron chi connectivity index (χ3n) is 4.02. The van der Waals surface area contributed by atoms with Gasteiger partial charge in [-0.1, -0.05) is 36.4 Å². The van der Waals surface area contributed by atoms with Gasteiger partial charge in [0.1, 0.15) is 11.5 Å². The van der Waals surface area contributed by atoms with Crippen LogP contribution in [0.1, 0.15) is 23.0 Å². The Hall–Kier alpha value is -3.21. The van der Waals surface area contributed by atoms with Crippen molar-refractivity contribution >= 4 is 17.3 Å². The molecule has 132 valence electrons. The number of hydrogen-bond acceptors (Lipinski definition) is 3. The van der Waals surface area contributed by atoms with Crippen LogP contribution in [-0.4, -0.2) is 17.4 Å². The number of carbonyl (C=O) groups is 1. The Morgan fingerprint density at radius 2 is 1.88 bits per heavy atom. The van der Waals surface area contributed by atoms with Crippen molar-refractivity contribution in [2.24, 2.45) is 0 Å². The van der Waals surface area contributed by atoms with Gasteiger partial charge in [0.05, 0.1) is 0 Å². The van der Waals surface area contributed by atoms with Crippen molar-refractivity contribution < 1.29 is 9.18 Å². The molecular weight excluding hydrogens is 329 g/mol. The molecule has 5 heteroatoms. The quantitative estimate of drug-likeness (QED) is 0.713. The van der Waals surface area contributed by atoms with Crippen LogP contribution in [0.15, 0.2) is 72.9 Å². The van der Waals surface area contributed by atoms with Gasteiger partial charge in [-0.2, -0.15) is 0 Å². The first-order valence-electron chi connectivity index (χ1n) is 8.47. The summed E-state index contributed by atoms with van der Waals surface area (Å²) in [6, 6.07) is 19.6. The Balaban J connectivity index is 1.77. The predicted octanol–water partition coefficient (Wildman–Crippen LogP) is 4.50. The van der Waals surface area contributed by atoms with Gasteiger partial charge < -0.3 is 10.2 Å². The monoisotopic (exact) mass is 349 g/mol. The number of rotatable bonds is 6. The van der Waals surface area contributed by atoms with E-state index in [1.165, 1.54) is 17.7 Å². The fraction of sp³-hybridized carbons (Fsp3) is 0.143. The number of benzene rings is 2. The van der Waals surface area contributed by atoms with Crippen LogP contribution >= 0.6 is 0 Å². The van der Waals surface area contributed by atoms with Crippen molar-refractivity contribution in [1.82, 2.24) is 4.98 Å². The zero-order valence-corrected chi connectivity index (χ0v) is 14.5. The minimum Gasteiger partial charge on any atom is -0.367 e. The molecule has 0 fully saturated rings. The first-order chi connectivity index (χ1) is 12.7. The van der Waals surface area contributed by atoms with Gasteiger partial charge in [0.2, 0.25) is 0 Å². The number of carbonyl (C=O) groups excluding carboxylic acids is 1. The number of nitrogens with zero attached hydrogens (tertiary/aromatic N) is 2. The lowest BCUT2D eigenvalue weighted by Gasteiger charge is -2.23. The second kappa shape index (κ2) is 8.25. The second-order valence-electron chi connectivity index (χ2n) is 5.86. The van der Waals surface area contributed by atoms with Crippen LogP contribution in [0, 0.1) is 5.82 Å². The molecule has 1 aromatic heterocycles. The molecule has 1 N–H and O–H groups in total. The Kier molecular flexibility index (Phi) is 5.59. The Labute approximate surface area is 152 Å². The summed E-state index contributed by atoms with van der Waals surface area (Å²) in [7, 11) is 0. The summed E-state index contributed by atoms with van der Waals surface area (Å²) in [5.41, 5.74) is 2.80. The number of amides is 1. The lowest BCUT2D eigenvalue weighted by Crippen LogP contribution is -2.23. The minimum atomic E-state index is -0.399. The van der Waals surface area contributed by atoms with Gasteiger partial charge >= 0.3 is 0 Å². The fourth-order valence-corrected chi connectivity index (χ4v) is 2.69. The predicted molar refractivity (Wildman–Crippen MR) is 102 cm³/mol. The lowest BCUT2D eigenvalue weighted by atomic mass is 10.2. The summed E-state index contributed by atoms with van der Waals surface area (Å²) in [5, 5.41) is 2.67. The first kappa shape index (κ1) is 17.6. The summed E-state index contributed by atoms with van der Waals surface area (Å²) in [6.07, 6.45) is 1.61. The van der Waals surface area contributed by atoms with Gasteiger partial charge in [-0.3, -0.25) is 9.78 Å². The number of pyridine rings is 1. The average Bonchev–Trinajstić information content (AvgIpc) is 2.67. The molecule has 0 radical (unpaired) electrons. The van der Waals surface area contributed by atoms with Gasteiger partial charge in [-0.15, -0.1) is 0 Å². The molecular formula is C21H20FN3O. The highest BCUT2D eigenvalue weighted by atomic mass is 19.1. The Morgan fingerprint density at radius 3 is 2.62 bits per heavy atom. The SMILES string of the molecule is CCN(Cc1ccccc1)c1ccnc(C(=O)Nc2cccc(F)c2)c1. The molecule has 2 aromatic carbocycles. The van der Waals surface area contributed by atoms with E-state index in [4.69, 9.17) is 0 Å². The Morgan fingerprint density at radius 1 is 1.08 bits per heavy atom. The van der Waals surface area contributed by atoms with E-state index in [9.17, 15) is 9.18 Å². The van der Waals surface area contributed by atoms with Crippen molar-refractivity contribution in [3.05, 3.63) is 90.0 Å². The van der Waals surface area contributed by atoms with E-state index in [2.05, 4.69) is 34.3 Å². The Bertz CT molecular complexity index is 883. The van der Waals surface area contributed by atoms with Crippen LogP contribution in [0.2, 0.25) is 0 Å². The van der Waals surface area contributed by atoms with Crippen molar-refractivity contribution in [3.63, 3.8) is 0 Å². The normalized spacial score (nSPS) is 10.4. The third kappa shape index (κ3) is 4.45. The number of anilines is 2. The third-order valence-corrected chi connectivity index (χ3v) is 4.02. The molecule has 0 aliphatic rings. The van der Waals surface area contributed by atoms with Gasteiger partial charge in [-0.05, 0) is 42.8 Å². The lowest BCUT2D eigenvalue weighted by molar-refractivity contribution is 0.102. The highest BCUT2D eigenvalue weighted by Crippen LogP contribution is 2.18. The maximum Gasteiger partial charge on any atom is 0.274 e. The average molecular weight is 349 g/mol. The molecule has 0 saturated carbocycles. The van der Waals surface area contributed by atoms with Gasteiger partial charge in [0.25, 0.3) is 5.91 Å². The van der Waals surface area contributed by atoms with Gasteiger partial charge in [-0.25, -0.2) is 4.39 Å². The topological polar surface area (TPSA) is 45.2 Å². The highest BCUT2D eigenvalue weighted by Gasteiger charge is 2.12. The van der Waals surface area contributed by atoms with E-state index in [0.29, 0.717) is 11.4 Å². The van der Waals surface area contributed by atoms with E-state index in [1.54, 1.807) is 24.4 Å². The summed E-state index contributed by atoms with van der Waals surface area (Å²) < 4.78 is 13.3. The molecule has 0 aliphatic carbocycles. The maximum absolute atomic E-state index is 13.3. The minimum absolute atomic E-state index is 0.290. The van der Waals surface area contributed by atoms with Crippen molar-refractivity contribution in [1.29, 1.82) is 0 Å². The largest absolute Gasteiger partial charge is 0.367 e. The molecule has 0 spiro atoms. The zero-order valence-electron chi connectivity index (χ0n) is 14.5. The number of hydrogen-bond donors (Lipinski definition) is 1. The molecule has 0 aliphatic heterocycles. The maximum atomic E-state index is 13.3. The summed E-state index contributed by atoms with van der Waals surface area (Å²) in [5.74, 6) is -0.766. The molecule has 3 aromatic rings. The van der Waals surface area contributed by atoms with E-state index < -0.39 is 5.82 Å². The highest BCUT2D eigenvalue weighted by molar-refractivity contribution is 6.03. The van der Waals surface area contributed by atoms with E-state index in [0.717, 1.165) is 18.8 Å². The van der Waals surface area contributed by atoms with Gasteiger partial charge in [0.15, 0.2) is 0 Å². The van der Waals surface area contributed by atoms with E-state index in [-0.39, 0.29) is 5.91 Å². The number of aromatic nitrogens is 1. The van der Waals surface area contributed by atoms with Crippen molar-refractivity contribution in [3.8, 4) is 0 Å². The fourth-order valence-electron chi connectivity index (χ4n) is 2.69. The van der Waals surface area contributed by atoms with Crippen LogP contribution in [0.4, 0.5) is 15.8 Å². The molecule has 1 amide bonds. The van der Waals surface area contributed by atoms with Crippen LogP contribution in [0.25, 0.3) is 0 Å². The zero-order chi connectivity index (χ0) is 18.4. The molecule has 4 nitrogen and oxygen atoms in total. The second-order valence-corrected chi connectivity index (χ2v) is 5.86. The van der Waals surface area contributed by atoms with Crippen LogP contribution in [0.3, 0.4) is 0 Å². The summed E-state index contributed by atoms with van der Waals surface area (Å²) >= 11 is 0. The molecule has 0 atom stereocenters. The summed E-state index contributed by atoms with van der Waals surface area (Å²) in [4.78, 5) is 18.7. The number of halogens is 1. The van der Waals surface area contributed by atoms with Crippen molar-refractivity contribution in [2.45, 2.75) is 13.5 Å². The van der Waals surface area contributed by atoms with Gasteiger partial charge in [0, 0.05) is 30.7 Å². The first-order valence-corrected chi connectivity index (χ1v) is 8.47. The molecule has 0 unspecified atom stereocenters. The van der Waals surface area contributed by atoms with Crippen LogP contribution < -0.4 is 10.2 Å². The summed E-state index contributed by atoms with van der Waals surface area (Å²) in [6.45, 7) is 3.60. The molecule has 0 bridgehead atoms. The van der Waals surface area contributed by atoms with E-state index in [1.807, 2.05) is 24.3 Å². The molecule has 26 heavy (non-hydrogen) atoms. The standard InChI is InChI=1S/C21H20FN3O/c1-2-25(15-16-7-4-3-5-8-16)19-11-12-23-20(14-19)21(26)24-18-10-6-9-17(22)13-18/h3-14H,2,15H2,1H3,(H,24,26). The van der Waals surface area contributed by atoms with Crippen molar-refractivity contribution in [2.75, 3.05) is 16.8 Å². The smallest absolute Gasteiger partial charge is 0.274 e. The molecule has 0 saturated heterocycles. The number of nitrogens with one attached hydrogen (secondary N) is 1. The van der Waals surface area contributed by atoms with Crippen LogP contribution in [0.5, 0.6) is 0 Å². The van der Waals surface area contributed by atoms with Crippen LogP contribution in [-0.2, 0) is 6.54 Å². The van der Waals surface area contributed by atoms with E-state index >= 15 is 0 Å². The molecule has 1 heterocycles. The molecule has 3 rings (SSSR count).